The molecule has 0 radical (unpaired) electrons. The lowest BCUT2D eigenvalue weighted by atomic mass is 10.1. The lowest BCUT2D eigenvalue weighted by Crippen LogP contribution is -2.48. The van der Waals surface area contributed by atoms with Crippen molar-refractivity contribution >= 4 is 6.01 Å². The Morgan fingerprint density at radius 3 is 2.24 bits per heavy atom. The van der Waals surface area contributed by atoms with E-state index in [9.17, 15) is 0 Å². The third-order valence-electron chi connectivity index (χ3n) is 4.15. The van der Waals surface area contributed by atoms with Gasteiger partial charge in [0.25, 0.3) is 0 Å². The molecule has 0 bridgehead atoms. The molecule has 0 aliphatic carbocycles. The Balaban J connectivity index is 2.54. The van der Waals surface area contributed by atoms with Gasteiger partial charge >= 0.3 is 0 Å². The van der Waals surface area contributed by atoms with Gasteiger partial charge in [0.1, 0.15) is 6.54 Å². The van der Waals surface area contributed by atoms with Crippen LogP contribution in [-0.2, 0) is 6.54 Å². The zero-order valence-electron chi connectivity index (χ0n) is 13.9. The van der Waals surface area contributed by atoms with Gasteiger partial charge in [-0.2, -0.15) is 0 Å². The SMILES string of the molecule is CCCCN=C=NCC[N+](CC)(CC)Cc1ccccc1. The smallest absolute Gasteiger partial charge is 0.104 e. The van der Waals surface area contributed by atoms with E-state index in [1.807, 2.05) is 0 Å². The number of likely N-dealkylation sites (N-methyl/N-ethyl adjacent to an activating group) is 1. The molecule has 3 heteroatoms. The standard InChI is InChI=1S/C18H30N3/c1-4-7-13-19-17-20-14-15-21(5-2,6-3)16-18-11-9-8-10-12-18/h8-12H,4-7,13-16H2,1-3H3/q+1. The molecule has 1 rings (SSSR count). The zero-order valence-corrected chi connectivity index (χ0v) is 13.9. The van der Waals surface area contributed by atoms with Crippen LogP contribution >= 0.6 is 0 Å². The first-order valence-corrected chi connectivity index (χ1v) is 8.23. The van der Waals surface area contributed by atoms with Gasteiger partial charge in [-0.05, 0) is 20.3 Å². The zero-order chi connectivity index (χ0) is 15.4. The van der Waals surface area contributed by atoms with Crippen molar-refractivity contribution in [2.45, 2.75) is 40.2 Å². The number of aliphatic imine (C=N–C) groups is 2. The van der Waals surface area contributed by atoms with Gasteiger partial charge in [0.15, 0.2) is 0 Å². The van der Waals surface area contributed by atoms with Gasteiger partial charge in [0.2, 0.25) is 0 Å². The highest BCUT2D eigenvalue weighted by molar-refractivity contribution is 5.40. The summed E-state index contributed by atoms with van der Waals surface area (Å²) >= 11 is 0. The molecule has 0 aliphatic heterocycles. The normalized spacial score (nSPS) is 11.0. The van der Waals surface area contributed by atoms with Crippen LogP contribution in [0.2, 0.25) is 0 Å². The molecule has 0 heterocycles. The van der Waals surface area contributed by atoms with Gasteiger partial charge in [-0.15, -0.1) is 0 Å². The van der Waals surface area contributed by atoms with Crippen molar-refractivity contribution in [2.75, 3.05) is 32.7 Å². The van der Waals surface area contributed by atoms with Crippen LogP contribution in [0.5, 0.6) is 0 Å². The quantitative estimate of drug-likeness (QED) is 0.353. The van der Waals surface area contributed by atoms with E-state index in [2.05, 4.69) is 67.1 Å². The minimum absolute atomic E-state index is 0.810. The van der Waals surface area contributed by atoms with Crippen LogP contribution in [0.25, 0.3) is 0 Å². The fourth-order valence-corrected chi connectivity index (χ4v) is 2.46. The van der Waals surface area contributed by atoms with Crippen molar-refractivity contribution in [3.05, 3.63) is 35.9 Å². The van der Waals surface area contributed by atoms with Crippen molar-refractivity contribution in [1.82, 2.24) is 0 Å². The van der Waals surface area contributed by atoms with Crippen LogP contribution in [-0.4, -0.2) is 43.2 Å². The third kappa shape index (κ3) is 6.70. The van der Waals surface area contributed by atoms with Crippen molar-refractivity contribution in [3.63, 3.8) is 0 Å². The predicted octanol–water partition coefficient (Wildman–Crippen LogP) is 4.02. The first-order chi connectivity index (χ1) is 10.3. The molecule has 0 atom stereocenters. The van der Waals surface area contributed by atoms with Gasteiger partial charge in [-0.3, -0.25) is 0 Å². The number of nitrogens with zero attached hydrogens (tertiary/aromatic N) is 3. The summed E-state index contributed by atoms with van der Waals surface area (Å²) in [6.45, 7) is 12.8. The largest absolute Gasteiger partial charge is 0.319 e. The molecule has 0 spiro atoms. The predicted molar refractivity (Wildman–Crippen MR) is 90.9 cm³/mol. The third-order valence-corrected chi connectivity index (χ3v) is 4.15. The molecule has 0 N–H and O–H groups in total. The highest BCUT2D eigenvalue weighted by atomic mass is 15.3. The van der Waals surface area contributed by atoms with Gasteiger partial charge in [0, 0.05) is 12.1 Å². The summed E-state index contributed by atoms with van der Waals surface area (Å²) in [5.41, 5.74) is 1.40. The Morgan fingerprint density at radius 1 is 0.952 bits per heavy atom. The van der Waals surface area contributed by atoms with E-state index in [-0.39, 0.29) is 0 Å². The molecule has 0 fully saturated rings. The molecule has 1 aromatic carbocycles. The van der Waals surface area contributed by atoms with E-state index in [4.69, 9.17) is 0 Å². The topological polar surface area (TPSA) is 24.7 Å². The van der Waals surface area contributed by atoms with Crippen LogP contribution in [0, 0.1) is 0 Å². The first kappa shape index (κ1) is 17.6. The summed E-state index contributed by atoms with van der Waals surface area (Å²) in [5, 5.41) is 0. The fraction of sp³-hybridized carbons (Fsp3) is 0.611. The Kier molecular flexibility index (Phi) is 8.65. The van der Waals surface area contributed by atoms with E-state index >= 15 is 0 Å². The first-order valence-electron chi connectivity index (χ1n) is 8.23. The Labute approximate surface area is 130 Å². The molecule has 0 amide bonds. The summed E-state index contributed by atoms with van der Waals surface area (Å²) in [6, 6.07) is 13.6. The average Bonchev–Trinajstić information content (AvgIpc) is 2.54. The van der Waals surface area contributed by atoms with Crippen LogP contribution in [0.15, 0.2) is 40.3 Å². The van der Waals surface area contributed by atoms with Crippen molar-refractivity contribution in [1.29, 1.82) is 0 Å². The van der Waals surface area contributed by atoms with E-state index in [0.29, 0.717) is 0 Å². The van der Waals surface area contributed by atoms with E-state index in [1.54, 1.807) is 0 Å². The molecule has 116 valence electrons. The van der Waals surface area contributed by atoms with Crippen molar-refractivity contribution in [3.8, 4) is 0 Å². The molecule has 0 aromatic heterocycles. The Bertz CT molecular complexity index is 429. The lowest BCUT2D eigenvalue weighted by Gasteiger charge is -2.36. The highest BCUT2D eigenvalue weighted by Gasteiger charge is 2.22. The van der Waals surface area contributed by atoms with Crippen molar-refractivity contribution in [2.24, 2.45) is 9.98 Å². The molecular weight excluding hydrogens is 258 g/mol. The van der Waals surface area contributed by atoms with E-state index < -0.39 is 0 Å². The monoisotopic (exact) mass is 288 g/mol. The van der Waals surface area contributed by atoms with E-state index in [0.717, 1.165) is 50.2 Å². The minimum atomic E-state index is 0.810. The number of unbranched alkanes of at least 4 members (excludes halogenated alkanes) is 1. The van der Waals surface area contributed by atoms with Crippen molar-refractivity contribution < 1.29 is 4.48 Å². The van der Waals surface area contributed by atoms with Crippen LogP contribution in [0.4, 0.5) is 0 Å². The van der Waals surface area contributed by atoms with Crippen LogP contribution in [0.3, 0.4) is 0 Å². The van der Waals surface area contributed by atoms with Crippen LogP contribution < -0.4 is 0 Å². The summed E-state index contributed by atoms with van der Waals surface area (Å²) in [5.74, 6) is 0. The number of benzene rings is 1. The lowest BCUT2D eigenvalue weighted by molar-refractivity contribution is -0.936. The number of hydrogen-bond acceptors (Lipinski definition) is 2. The Morgan fingerprint density at radius 2 is 1.62 bits per heavy atom. The second-order valence-electron chi connectivity index (χ2n) is 5.56. The number of hydrogen-bond donors (Lipinski definition) is 0. The molecule has 0 saturated heterocycles. The molecule has 0 aliphatic rings. The van der Waals surface area contributed by atoms with Crippen LogP contribution in [0.1, 0.15) is 39.2 Å². The molecule has 1 aromatic rings. The highest BCUT2D eigenvalue weighted by Crippen LogP contribution is 2.14. The summed E-state index contributed by atoms with van der Waals surface area (Å²) < 4.78 is 1.07. The Hall–Kier alpha value is -1.44. The second-order valence-corrected chi connectivity index (χ2v) is 5.56. The molecule has 3 nitrogen and oxygen atoms in total. The fourth-order valence-electron chi connectivity index (χ4n) is 2.46. The average molecular weight is 288 g/mol. The second kappa shape index (κ2) is 10.3. The molecule has 0 unspecified atom stereocenters. The minimum Gasteiger partial charge on any atom is -0.319 e. The van der Waals surface area contributed by atoms with Gasteiger partial charge in [0.05, 0.1) is 32.2 Å². The van der Waals surface area contributed by atoms with Gasteiger partial charge < -0.3 is 4.48 Å². The summed E-state index contributed by atoms with van der Waals surface area (Å²) in [7, 11) is 0. The summed E-state index contributed by atoms with van der Waals surface area (Å²) in [6.07, 6.45) is 2.30. The molecule has 0 saturated carbocycles. The molecular formula is C18H30N3+. The number of quaternary nitrogens is 1. The maximum absolute atomic E-state index is 4.33. The molecule has 21 heavy (non-hydrogen) atoms. The maximum Gasteiger partial charge on any atom is 0.104 e. The van der Waals surface area contributed by atoms with E-state index in [1.165, 1.54) is 12.0 Å². The van der Waals surface area contributed by atoms with Gasteiger partial charge in [-0.25, -0.2) is 9.98 Å². The van der Waals surface area contributed by atoms with Gasteiger partial charge in [-0.1, -0.05) is 43.7 Å². The number of rotatable bonds is 10. The summed E-state index contributed by atoms with van der Waals surface area (Å²) in [4.78, 5) is 8.53. The maximum atomic E-state index is 4.33.